The van der Waals surface area contributed by atoms with Crippen molar-refractivity contribution in [3.8, 4) is 0 Å². The normalized spacial score (nSPS) is 18.8. The van der Waals surface area contributed by atoms with Crippen molar-refractivity contribution in [3.63, 3.8) is 0 Å². The van der Waals surface area contributed by atoms with Gasteiger partial charge >= 0.3 is 0 Å². The first-order chi connectivity index (χ1) is 22.6. The molecule has 4 heteroatoms. The van der Waals surface area contributed by atoms with E-state index in [0.717, 1.165) is 61.2 Å². The molecule has 0 aromatic carbocycles. The first-order valence-corrected chi connectivity index (χ1v) is 21.3. The highest BCUT2D eigenvalue weighted by Crippen LogP contribution is 2.31. The Kier molecular flexibility index (Phi) is 28.3. The first kappa shape index (κ1) is 47.8. The van der Waals surface area contributed by atoms with E-state index in [0.29, 0.717) is 24.7 Å². The molecule has 0 fully saturated rings. The predicted molar refractivity (Wildman–Crippen MR) is 210 cm³/mol. The van der Waals surface area contributed by atoms with Gasteiger partial charge in [-0.2, -0.15) is 0 Å². The third kappa shape index (κ3) is 24.9. The fourth-order valence-corrected chi connectivity index (χ4v) is 7.76. The topological polar surface area (TPSA) is 80.9 Å². The molecule has 0 rings (SSSR count). The Morgan fingerprint density at radius 2 is 0.625 bits per heavy atom. The summed E-state index contributed by atoms with van der Waals surface area (Å²) in [6.45, 7) is 22.8. The summed E-state index contributed by atoms with van der Waals surface area (Å²) >= 11 is 0. The number of aliphatic hydroxyl groups is 4. The predicted octanol–water partition coefficient (Wildman–Crippen LogP) is 12.1. The van der Waals surface area contributed by atoms with Crippen molar-refractivity contribution >= 4 is 0 Å². The van der Waals surface area contributed by atoms with Gasteiger partial charge in [0.2, 0.25) is 0 Å². The summed E-state index contributed by atoms with van der Waals surface area (Å²) in [6.07, 6.45) is 23.3. The maximum absolute atomic E-state index is 11.4. The number of rotatable bonds is 33. The summed E-state index contributed by atoms with van der Waals surface area (Å²) in [5, 5.41) is 42.8. The van der Waals surface area contributed by atoms with Crippen molar-refractivity contribution in [1.29, 1.82) is 0 Å². The van der Waals surface area contributed by atoms with E-state index in [1.807, 2.05) is 0 Å². The van der Waals surface area contributed by atoms with Crippen LogP contribution < -0.4 is 0 Å². The quantitative estimate of drug-likeness (QED) is 0.0555. The molecule has 0 aromatic rings. The second-order valence-electron chi connectivity index (χ2n) is 18.3. The van der Waals surface area contributed by atoms with Gasteiger partial charge in [-0.3, -0.25) is 0 Å². The summed E-state index contributed by atoms with van der Waals surface area (Å²) in [4.78, 5) is 0. The molecule has 0 bridgehead atoms. The van der Waals surface area contributed by atoms with Crippen LogP contribution >= 0.6 is 0 Å². The van der Waals surface area contributed by atoms with E-state index in [-0.39, 0.29) is 0 Å². The summed E-state index contributed by atoms with van der Waals surface area (Å²) in [5.74, 6) is 5.72. The zero-order valence-electron chi connectivity index (χ0n) is 34.3. The molecule has 0 heterocycles. The molecule has 0 amide bonds. The smallest absolute Gasteiger partial charge is 0.118 e. The van der Waals surface area contributed by atoms with Gasteiger partial charge in [0.1, 0.15) is 11.7 Å². The molecule has 0 aliphatic carbocycles. The Morgan fingerprint density at radius 1 is 0.354 bits per heavy atom. The van der Waals surface area contributed by atoms with E-state index < -0.39 is 24.4 Å². The van der Waals surface area contributed by atoms with Crippen LogP contribution in [0.3, 0.4) is 0 Å². The molecule has 0 radical (unpaired) electrons. The van der Waals surface area contributed by atoms with Gasteiger partial charge in [0.15, 0.2) is 0 Å². The molecule has 0 aliphatic rings. The first-order valence-electron chi connectivity index (χ1n) is 21.3. The fraction of sp³-hybridized carbons (Fsp3) is 1.00. The van der Waals surface area contributed by atoms with E-state index in [4.69, 9.17) is 0 Å². The Morgan fingerprint density at radius 3 is 0.917 bits per heavy atom. The Bertz CT molecular complexity index is 710. The van der Waals surface area contributed by atoms with E-state index in [9.17, 15) is 20.4 Å². The van der Waals surface area contributed by atoms with Gasteiger partial charge in [-0.1, -0.05) is 185 Å². The highest BCUT2D eigenvalue weighted by Gasteiger charge is 2.42. The minimum atomic E-state index is -1.65. The van der Waals surface area contributed by atoms with E-state index in [2.05, 4.69) is 69.2 Å². The molecular formula is C44H90O4. The van der Waals surface area contributed by atoms with Crippen LogP contribution in [0.15, 0.2) is 0 Å². The molecule has 9 atom stereocenters. The van der Waals surface area contributed by atoms with E-state index >= 15 is 0 Å². The lowest BCUT2D eigenvalue weighted by Gasteiger charge is -2.37. The second kappa shape index (κ2) is 28.4. The van der Waals surface area contributed by atoms with Crippen LogP contribution in [0.25, 0.3) is 0 Å². The van der Waals surface area contributed by atoms with Gasteiger partial charge in [-0.05, 0) is 73.0 Å². The molecule has 4 N–H and O–H groups in total. The molecule has 0 spiro atoms. The van der Waals surface area contributed by atoms with Crippen LogP contribution in [-0.4, -0.2) is 44.8 Å². The summed E-state index contributed by atoms with van der Waals surface area (Å²) in [6, 6.07) is 0. The van der Waals surface area contributed by atoms with Crippen LogP contribution in [0.1, 0.15) is 210 Å². The van der Waals surface area contributed by atoms with E-state index in [1.54, 1.807) is 0 Å². The Labute approximate surface area is 302 Å². The fourth-order valence-electron chi connectivity index (χ4n) is 7.76. The number of aliphatic hydroxyl groups excluding tert-OH is 3. The molecule has 290 valence electrons. The zero-order valence-corrected chi connectivity index (χ0v) is 34.3. The van der Waals surface area contributed by atoms with Crippen molar-refractivity contribution in [2.75, 3.05) is 6.61 Å². The lowest BCUT2D eigenvalue weighted by molar-refractivity contribution is -0.165. The average Bonchev–Trinajstić information content (AvgIpc) is 3.01. The van der Waals surface area contributed by atoms with Crippen LogP contribution in [0.2, 0.25) is 0 Å². The molecular weight excluding hydrogens is 592 g/mol. The van der Waals surface area contributed by atoms with E-state index in [1.165, 1.54) is 103 Å². The monoisotopic (exact) mass is 683 g/mol. The lowest BCUT2D eigenvalue weighted by Crippen LogP contribution is -2.54. The molecule has 0 aromatic heterocycles. The molecule has 0 saturated heterocycles. The second-order valence-corrected chi connectivity index (χ2v) is 18.3. The van der Waals surface area contributed by atoms with Gasteiger partial charge in [-0.25, -0.2) is 0 Å². The van der Waals surface area contributed by atoms with Crippen LogP contribution in [0.4, 0.5) is 0 Å². The van der Waals surface area contributed by atoms with Crippen molar-refractivity contribution in [1.82, 2.24) is 0 Å². The van der Waals surface area contributed by atoms with Crippen molar-refractivity contribution in [3.05, 3.63) is 0 Å². The molecule has 0 saturated carbocycles. The van der Waals surface area contributed by atoms with Crippen LogP contribution in [-0.2, 0) is 0 Å². The minimum absolute atomic E-state index is 0.323. The highest BCUT2D eigenvalue weighted by molar-refractivity contribution is 4.93. The highest BCUT2D eigenvalue weighted by atomic mass is 16.4. The van der Waals surface area contributed by atoms with Crippen LogP contribution in [0.5, 0.6) is 0 Å². The summed E-state index contributed by atoms with van der Waals surface area (Å²) in [7, 11) is 0. The maximum atomic E-state index is 11.4. The number of hydrogen-bond acceptors (Lipinski definition) is 4. The van der Waals surface area contributed by atoms with Crippen molar-refractivity contribution in [2.45, 2.75) is 228 Å². The third-order valence-electron chi connectivity index (χ3n) is 11.8. The minimum Gasteiger partial charge on any atom is -0.394 e. The van der Waals surface area contributed by atoms with Gasteiger partial charge in [0.25, 0.3) is 0 Å². The van der Waals surface area contributed by atoms with Gasteiger partial charge in [-0.15, -0.1) is 0 Å². The Hall–Kier alpha value is -0.160. The standard InChI is InChI=1S/C44H90O4/c1-34(2)17-11-19-36(5)21-13-23-38(7)25-15-27-40(9)29-30-42(46)44(48,43(47)33-45)32-31-41(10)28-16-26-39(8)24-14-22-37(6)20-12-18-35(3)4/h34-43,45-48H,11-33H2,1-10H3/t36?,37?,38?,39?,40?,41?,42?,43-,44-/m0/s1. The number of hydrogen-bond donors (Lipinski definition) is 4. The summed E-state index contributed by atoms with van der Waals surface area (Å²) in [5.41, 5.74) is -1.65. The van der Waals surface area contributed by atoms with Gasteiger partial charge < -0.3 is 20.4 Å². The molecule has 7 unspecified atom stereocenters. The maximum Gasteiger partial charge on any atom is 0.118 e. The van der Waals surface area contributed by atoms with Gasteiger partial charge in [0, 0.05) is 0 Å². The third-order valence-corrected chi connectivity index (χ3v) is 11.8. The SMILES string of the molecule is CC(C)CCCC(C)CCCC(C)CCCC(C)CCC(O)[C@@](O)(CCC(C)CCCC(C)CCCC(C)CCCC(C)C)[C@@H](O)CO. The Balaban J connectivity index is 4.34. The molecule has 4 nitrogen and oxygen atoms in total. The summed E-state index contributed by atoms with van der Waals surface area (Å²) < 4.78 is 0. The van der Waals surface area contributed by atoms with Crippen LogP contribution in [0, 0.1) is 47.3 Å². The van der Waals surface area contributed by atoms with Gasteiger partial charge in [0.05, 0.1) is 12.7 Å². The molecule has 48 heavy (non-hydrogen) atoms. The molecule has 0 aliphatic heterocycles. The average molecular weight is 683 g/mol. The lowest BCUT2D eigenvalue weighted by atomic mass is 9.80. The largest absolute Gasteiger partial charge is 0.394 e. The van der Waals surface area contributed by atoms with Crippen molar-refractivity contribution in [2.24, 2.45) is 47.3 Å². The zero-order chi connectivity index (χ0) is 36.5. The van der Waals surface area contributed by atoms with Crippen molar-refractivity contribution < 1.29 is 20.4 Å².